The number of nitro groups is 1. The van der Waals surface area contributed by atoms with E-state index in [1.54, 1.807) is 18.2 Å². The first kappa shape index (κ1) is 16.7. The van der Waals surface area contributed by atoms with Crippen LogP contribution in [0, 0.1) is 10.1 Å². The first-order valence-electron chi connectivity index (χ1n) is 5.94. The molecule has 0 saturated heterocycles. The first-order valence-corrected chi connectivity index (χ1v) is 7.49. The van der Waals surface area contributed by atoms with Crippen molar-refractivity contribution in [2.75, 3.05) is 0 Å². The molecule has 0 aromatic heterocycles. The second-order valence-electron chi connectivity index (χ2n) is 4.20. The van der Waals surface area contributed by atoms with E-state index >= 15 is 0 Å². The van der Waals surface area contributed by atoms with Gasteiger partial charge in [0.15, 0.2) is 0 Å². The molecule has 0 spiro atoms. The summed E-state index contributed by atoms with van der Waals surface area (Å²) in [7, 11) is 0. The number of ether oxygens (including phenoxy) is 1. The molecule has 2 aromatic rings. The van der Waals surface area contributed by atoms with Gasteiger partial charge in [-0.1, -0.05) is 29.3 Å². The standard InChI is InChI=1S/C14H8BrCl2NO4/c15-10-5-4-8(6-13(10)18(20)21)14(19)22-7-9-11(16)2-1-3-12(9)17/h1-6H,7H2. The van der Waals surface area contributed by atoms with Crippen molar-refractivity contribution in [1.82, 2.24) is 0 Å². The molecule has 0 radical (unpaired) electrons. The molecule has 0 heterocycles. The molecular weight excluding hydrogens is 397 g/mol. The molecule has 2 aromatic carbocycles. The molecule has 8 heteroatoms. The number of hydrogen-bond acceptors (Lipinski definition) is 4. The van der Waals surface area contributed by atoms with Crippen LogP contribution in [0.25, 0.3) is 0 Å². The number of benzene rings is 2. The third-order valence-corrected chi connectivity index (χ3v) is 4.17. The van der Waals surface area contributed by atoms with E-state index in [1.807, 2.05) is 0 Å². The van der Waals surface area contributed by atoms with Crippen LogP contribution in [-0.4, -0.2) is 10.9 Å². The summed E-state index contributed by atoms with van der Waals surface area (Å²) in [5.74, 6) is -0.702. The second-order valence-corrected chi connectivity index (χ2v) is 5.87. The van der Waals surface area contributed by atoms with Crippen molar-refractivity contribution in [3.05, 3.63) is 72.2 Å². The zero-order valence-electron chi connectivity index (χ0n) is 10.9. The summed E-state index contributed by atoms with van der Waals surface area (Å²) in [6.45, 7) is -0.124. The van der Waals surface area contributed by atoms with Crippen LogP contribution in [0.4, 0.5) is 5.69 Å². The van der Waals surface area contributed by atoms with E-state index in [9.17, 15) is 14.9 Å². The van der Waals surface area contributed by atoms with Crippen LogP contribution in [0.5, 0.6) is 0 Å². The van der Waals surface area contributed by atoms with Crippen LogP contribution >= 0.6 is 39.1 Å². The fraction of sp³-hybridized carbons (Fsp3) is 0.0714. The van der Waals surface area contributed by atoms with Crippen molar-refractivity contribution in [3.63, 3.8) is 0 Å². The number of carbonyl (C=O) groups excluding carboxylic acids is 1. The zero-order valence-corrected chi connectivity index (χ0v) is 14.0. The molecule has 0 aliphatic carbocycles. The van der Waals surface area contributed by atoms with E-state index < -0.39 is 10.9 Å². The third-order valence-electron chi connectivity index (χ3n) is 2.79. The van der Waals surface area contributed by atoms with E-state index in [0.717, 1.165) is 6.07 Å². The summed E-state index contributed by atoms with van der Waals surface area (Å²) in [6, 6.07) is 8.90. The van der Waals surface area contributed by atoms with Crippen molar-refractivity contribution in [2.24, 2.45) is 0 Å². The van der Waals surface area contributed by atoms with Crippen molar-refractivity contribution in [1.29, 1.82) is 0 Å². The molecule has 0 saturated carbocycles. The van der Waals surface area contributed by atoms with Gasteiger partial charge in [-0.05, 0) is 40.2 Å². The number of nitro benzene ring substituents is 1. The van der Waals surface area contributed by atoms with E-state index in [1.165, 1.54) is 12.1 Å². The first-order chi connectivity index (χ1) is 10.4. The molecule has 0 atom stereocenters. The maximum atomic E-state index is 12.0. The zero-order chi connectivity index (χ0) is 16.3. The summed E-state index contributed by atoms with van der Waals surface area (Å²) in [5.41, 5.74) is 0.328. The molecule has 114 valence electrons. The summed E-state index contributed by atoms with van der Waals surface area (Å²) in [4.78, 5) is 22.2. The molecular formula is C14H8BrCl2NO4. The van der Waals surface area contributed by atoms with Gasteiger partial charge in [-0.2, -0.15) is 0 Å². The maximum absolute atomic E-state index is 12.0. The van der Waals surface area contributed by atoms with E-state index in [0.29, 0.717) is 15.6 Å². The number of nitrogens with zero attached hydrogens (tertiary/aromatic N) is 1. The Labute approximate surface area is 144 Å². The highest BCUT2D eigenvalue weighted by Crippen LogP contribution is 2.27. The van der Waals surface area contributed by atoms with Gasteiger partial charge >= 0.3 is 5.97 Å². The quantitative estimate of drug-likeness (QED) is 0.407. The lowest BCUT2D eigenvalue weighted by Crippen LogP contribution is -2.06. The van der Waals surface area contributed by atoms with Gasteiger partial charge in [-0.3, -0.25) is 10.1 Å². The van der Waals surface area contributed by atoms with Gasteiger partial charge in [-0.25, -0.2) is 4.79 Å². The molecule has 0 amide bonds. The van der Waals surface area contributed by atoms with E-state index in [4.69, 9.17) is 27.9 Å². The fourth-order valence-corrected chi connectivity index (χ4v) is 2.57. The number of rotatable bonds is 4. The Morgan fingerprint density at radius 2 is 1.86 bits per heavy atom. The smallest absolute Gasteiger partial charge is 0.338 e. The lowest BCUT2D eigenvalue weighted by molar-refractivity contribution is -0.385. The highest BCUT2D eigenvalue weighted by Gasteiger charge is 2.17. The Bertz CT molecular complexity index is 731. The summed E-state index contributed by atoms with van der Waals surface area (Å²) < 4.78 is 5.39. The predicted molar refractivity (Wildman–Crippen MR) is 86.4 cm³/mol. The van der Waals surface area contributed by atoms with Gasteiger partial charge in [0.25, 0.3) is 5.69 Å². The van der Waals surface area contributed by atoms with E-state index in [-0.39, 0.29) is 22.3 Å². The summed E-state index contributed by atoms with van der Waals surface area (Å²) in [6.07, 6.45) is 0. The second kappa shape index (κ2) is 7.09. The molecule has 22 heavy (non-hydrogen) atoms. The average molecular weight is 405 g/mol. The molecule has 2 rings (SSSR count). The molecule has 5 nitrogen and oxygen atoms in total. The normalized spacial score (nSPS) is 10.3. The number of carbonyl (C=O) groups is 1. The number of hydrogen-bond donors (Lipinski definition) is 0. The predicted octanol–water partition coefficient (Wildman–Crippen LogP) is 5.02. The maximum Gasteiger partial charge on any atom is 0.338 e. The minimum atomic E-state index is -0.702. The Morgan fingerprint density at radius 3 is 2.45 bits per heavy atom. The van der Waals surface area contributed by atoms with Crippen molar-refractivity contribution in [3.8, 4) is 0 Å². The largest absolute Gasteiger partial charge is 0.457 e. The van der Waals surface area contributed by atoms with Gasteiger partial charge in [0.2, 0.25) is 0 Å². The molecule has 0 unspecified atom stereocenters. The minimum Gasteiger partial charge on any atom is -0.457 e. The topological polar surface area (TPSA) is 69.4 Å². The van der Waals surface area contributed by atoms with Crippen LogP contribution in [0.3, 0.4) is 0 Å². The molecule has 0 bridgehead atoms. The van der Waals surface area contributed by atoms with Crippen molar-refractivity contribution in [2.45, 2.75) is 6.61 Å². The van der Waals surface area contributed by atoms with Gasteiger partial charge in [0.05, 0.1) is 15.0 Å². The fourth-order valence-electron chi connectivity index (χ4n) is 1.67. The van der Waals surface area contributed by atoms with Crippen LogP contribution in [0.2, 0.25) is 10.0 Å². The van der Waals surface area contributed by atoms with Gasteiger partial charge in [0.1, 0.15) is 6.61 Å². The van der Waals surface area contributed by atoms with Crippen LogP contribution in [0.15, 0.2) is 40.9 Å². The summed E-state index contributed by atoms with van der Waals surface area (Å²) in [5, 5.41) is 11.6. The Hall–Kier alpha value is -1.63. The van der Waals surface area contributed by atoms with Crippen LogP contribution in [-0.2, 0) is 11.3 Å². The Morgan fingerprint density at radius 1 is 1.23 bits per heavy atom. The minimum absolute atomic E-state index is 0.0677. The highest BCUT2D eigenvalue weighted by molar-refractivity contribution is 9.10. The average Bonchev–Trinajstić information content (AvgIpc) is 2.46. The SMILES string of the molecule is O=C(OCc1c(Cl)cccc1Cl)c1ccc(Br)c([N+](=O)[O-])c1. The molecule has 0 aliphatic heterocycles. The van der Waals surface area contributed by atoms with E-state index in [2.05, 4.69) is 15.9 Å². The molecule has 0 N–H and O–H groups in total. The summed E-state index contributed by atoms with van der Waals surface area (Å²) >= 11 is 15.0. The van der Waals surface area contributed by atoms with Gasteiger partial charge in [-0.15, -0.1) is 0 Å². The Kier molecular flexibility index (Phi) is 5.39. The van der Waals surface area contributed by atoms with Crippen LogP contribution in [0.1, 0.15) is 15.9 Å². The lowest BCUT2D eigenvalue weighted by atomic mass is 10.2. The van der Waals surface area contributed by atoms with Crippen molar-refractivity contribution >= 4 is 50.8 Å². The lowest BCUT2D eigenvalue weighted by Gasteiger charge is -2.08. The van der Waals surface area contributed by atoms with Crippen LogP contribution < -0.4 is 0 Å². The number of esters is 1. The third kappa shape index (κ3) is 3.76. The molecule has 0 fully saturated rings. The van der Waals surface area contributed by atoms with Crippen molar-refractivity contribution < 1.29 is 14.5 Å². The number of halogens is 3. The monoisotopic (exact) mass is 403 g/mol. The van der Waals surface area contributed by atoms with Gasteiger partial charge in [0, 0.05) is 21.7 Å². The molecule has 0 aliphatic rings. The Balaban J connectivity index is 2.16. The highest BCUT2D eigenvalue weighted by atomic mass is 79.9. The van der Waals surface area contributed by atoms with Gasteiger partial charge < -0.3 is 4.74 Å².